The number of thiazole rings is 1. The molecule has 0 radical (unpaired) electrons. The zero-order chi connectivity index (χ0) is 24.3. The molecule has 0 bridgehead atoms. The minimum Gasteiger partial charge on any atom is -0.386 e. The van der Waals surface area contributed by atoms with Gasteiger partial charge >= 0.3 is 6.18 Å². The molecule has 7 nitrogen and oxygen atoms in total. The highest BCUT2D eigenvalue weighted by Crippen LogP contribution is 2.35. The average molecular weight is 505 g/mol. The molecule has 3 heterocycles. The van der Waals surface area contributed by atoms with Crippen molar-refractivity contribution in [3.8, 4) is 0 Å². The predicted molar refractivity (Wildman–Crippen MR) is 110 cm³/mol. The van der Waals surface area contributed by atoms with Crippen LogP contribution < -0.4 is 0 Å². The standard InChI is InChI=1S/C21H20F5N3O4S/c22-15-1-2-16(23)14-8-32-20(31-7-13(14)15)17-10-34-19(28-17)12-3-5-29(6-4-12)18(30)9-33-27-11-21(24,25)26/h1-2,10-12,20H,3-9H2/b27-11+. The lowest BCUT2D eigenvalue weighted by molar-refractivity contribution is -0.155. The van der Waals surface area contributed by atoms with Crippen molar-refractivity contribution in [1.29, 1.82) is 0 Å². The summed E-state index contributed by atoms with van der Waals surface area (Å²) >= 11 is 1.40. The Morgan fingerprint density at radius 1 is 1.18 bits per heavy atom. The summed E-state index contributed by atoms with van der Waals surface area (Å²) in [6, 6.07) is 2.11. The molecule has 2 aromatic rings. The summed E-state index contributed by atoms with van der Waals surface area (Å²) in [5, 5.41) is 5.33. The summed E-state index contributed by atoms with van der Waals surface area (Å²) in [5.74, 6) is -1.49. The number of halogens is 5. The van der Waals surface area contributed by atoms with Crippen LogP contribution in [0.15, 0.2) is 22.7 Å². The summed E-state index contributed by atoms with van der Waals surface area (Å²) in [6.07, 6.45) is -4.57. The van der Waals surface area contributed by atoms with Crippen LogP contribution in [0.3, 0.4) is 0 Å². The van der Waals surface area contributed by atoms with Crippen LogP contribution in [0.1, 0.15) is 46.9 Å². The number of rotatable bonds is 5. The van der Waals surface area contributed by atoms with Crippen molar-refractivity contribution in [1.82, 2.24) is 9.88 Å². The third kappa shape index (κ3) is 5.88. The molecular formula is C21H20F5N3O4S. The molecule has 1 amide bonds. The van der Waals surface area contributed by atoms with Gasteiger partial charge in [-0.3, -0.25) is 4.79 Å². The zero-order valence-electron chi connectivity index (χ0n) is 17.7. The van der Waals surface area contributed by atoms with Crippen molar-refractivity contribution in [2.45, 2.75) is 44.4 Å². The van der Waals surface area contributed by atoms with Crippen LogP contribution in [0.2, 0.25) is 0 Å². The number of alkyl halides is 3. The van der Waals surface area contributed by atoms with Crippen LogP contribution in [0, 0.1) is 11.6 Å². The summed E-state index contributed by atoms with van der Waals surface area (Å²) in [4.78, 5) is 22.6. The lowest BCUT2D eigenvalue weighted by Crippen LogP contribution is -2.39. The van der Waals surface area contributed by atoms with E-state index in [2.05, 4.69) is 15.0 Å². The van der Waals surface area contributed by atoms with Crippen molar-refractivity contribution in [3.63, 3.8) is 0 Å². The smallest absolute Gasteiger partial charge is 0.386 e. The highest BCUT2D eigenvalue weighted by atomic mass is 32.1. The van der Waals surface area contributed by atoms with E-state index in [1.54, 1.807) is 5.38 Å². The Kier molecular flexibility index (Phi) is 7.43. The molecule has 1 fully saturated rings. The molecule has 2 aliphatic rings. The molecular weight excluding hydrogens is 485 g/mol. The Morgan fingerprint density at radius 2 is 1.79 bits per heavy atom. The number of likely N-dealkylation sites (tertiary alicyclic amines) is 1. The third-order valence-corrected chi connectivity index (χ3v) is 6.54. The number of nitrogens with zero attached hydrogens (tertiary/aromatic N) is 3. The minimum absolute atomic E-state index is 0.0739. The molecule has 0 aliphatic carbocycles. The van der Waals surface area contributed by atoms with E-state index in [1.807, 2.05) is 0 Å². The number of fused-ring (bicyclic) bond motifs is 1. The first-order valence-corrected chi connectivity index (χ1v) is 11.2. The Bertz CT molecular complexity index is 1020. The van der Waals surface area contributed by atoms with E-state index in [0.29, 0.717) is 31.6 Å². The molecule has 4 rings (SSSR count). The van der Waals surface area contributed by atoms with E-state index in [9.17, 15) is 26.7 Å². The first-order valence-electron chi connectivity index (χ1n) is 10.4. The Labute approximate surface area is 195 Å². The second kappa shape index (κ2) is 10.3. The quantitative estimate of drug-likeness (QED) is 0.341. The van der Waals surface area contributed by atoms with Gasteiger partial charge in [0, 0.05) is 35.5 Å². The molecule has 1 aromatic heterocycles. The van der Waals surface area contributed by atoms with Crippen molar-refractivity contribution in [3.05, 3.63) is 51.0 Å². The van der Waals surface area contributed by atoms with Gasteiger partial charge in [-0.1, -0.05) is 5.16 Å². The lowest BCUT2D eigenvalue weighted by Gasteiger charge is -2.30. The largest absolute Gasteiger partial charge is 0.429 e. The maximum atomic E-state index is 14.0. The molecule has 34 heavy (non-hydrogen) atoms. The number of ether oxygens (including phenoxy) is 2. The maximum absolute atomic E-state index is 14.0. The van der Waals surface area contributed by atoms with E-state index in [0.717, 1.165) is 17.1 Å². The topological polar surface area (TPSA) is 73.2 Å². The van der Waals surface area contributed by atoms with Crippen LogP contribution in [0.25, 0.3) is 0 Å². The average Bonchev–Trinajstić information content (AvgIpc) is 3.18. The maximum Gasteiger partial charge on any atom is 0.429 e. The second-order valence-corrected chi connectivity index (χ2v) is 8.65. The fraction of sp³-hybridized carbons (Fsp3) is 0.476. The van der Waals surface area contributed by atoms with Crippen molar-refractivity contribution in [2.24, 2.45) is 5.16 Å². The van der Waals surface area contributed by atoms with Gasteiger partial charge in [-0.2, -0.15) is 13.2 Å². The van der Waals surface area contributed by atoms with Gasteiger partial charge in [0.25, 0.3) is 5.91 Å². The molecule has 2 aliphatic heterocycles. The molecule has 1 saturated heterocycles. The van der Waals surface area contributed by atoms with E-state index < -0.39 is 36.6 Å². The molecule has 0 N–H and O–H groups in total. The number of hydrogen-bond acceptors (Lipinski definition) is 7. The molecule has 184 valence electrons. The van der Waals surface area contributed by atoms with Crippen LogP contribution in [-0.4, -0.2) is 47.9 Å². The van der Waals surface area contributed by atoms with Crippen LogP contribution >= 0.6 is 11.3 Å². The molecule has 0 unspecified atom stereocenters. The van der Waals surface area contributed by atoms with E-state index in [4.69, 9.17) is 9.47 Å². The van der Waals surface area contributed by atoms with E-state index in [-0.39, 0.29) is 36.5 Å². The van der Waals surface area contributed by atoms with Crippen molar-refractivity contribution < 1.29 is 41.1 Å². The molecule has 0 spiro atoms. The Hall–Kier alpha value is -2.64. The first kappa shape index (κ1) is 24.5. The van der Waals surface area contributed by atoms with Gasteiger partial charge < -0.3 is 19.2 Å². The SMILES string of the molecule is O=C(CO/N=C/C(F)(F)F)N1CCC(c2nc(C3OCc4c(F)ccc(F)c4CO3)cs2)CC1. The fourth-order valence-electron chi connectivity index (χ4n) is 3.74. The van der Waals surface area contributed by atoms with Gasteiger partial charge in [0.15, 0.2) is 6.61 Å². The van der Waals surface area contributed by atoms with Crippen LogP contribution in [-0.2, 0) is 32.3 Å². The lowest BCUT2D eigenvalue weighted by atomic mass is 9.97. The Morgan fingerprint density at radius 3 is 2.38 bits per heavy atom. The van der Waals surface area contributed by atoms with Gasteiger partial charge in [0.2, 0.25) is 6.29 Å². The van der Waals surface area contributed by atoms with Crippen molar-refractivity contribution >= 4 is 23.5 Å². The van der Waals surface area contributed by atoms with Crippen LogP contribution in [0.4, 0.5) is 22.0 Å². The number of aromatic nitrogens is 1. The summed E-state index contributed by atoms with van der Waals surface area (Å²) in [5.41, 5.74) is 0.759. The number of piperidine rings is 1. The number of carbonyl (C=O) groups excluding carboxylic acids is 1. The van der Waals surface area contributed by atoms with Gasteiger partial charge in [-0.15, -0.1) is 11.3 Å². The van der Waals surface area contributed by atoms with Gasteiger partial charge in [-0.25, -0.2) is 13.8 Å². The number of carbonyl (C=O) groups is 1. The molecule has 0 atom stereocenters. The number of oxime groups is 1. The van der Waals surface area contributed by atoms with Gasteiger partial charge in [-0.05, 0) is 25.0 Å². The van der Waals surface area contributed by atoms with E-state index >= 15 is 0 Å². The summed E-state index contributed by atoms with van der Waals surface area (Å²) in [7, 11) is 0. The normalized spacial score (nSPS) is 18.2. The van der Waals surface area contributed by atoms with Gasteiger partial charge in [0.05, 0.1) is 18.2 Å². The number of hydrogen-bond donors (Lipinski definition) is 0. The number of amides is 1. The number of benzene rings is 1. The fourth-order valence-corrected chi connectivity index (χ4v) is 4.73. The molecule has 0 saturated carbocycles. The Balaban J connectivity index is 1.29. The second-order valence-electron chi connectivity index (χ2n) is 7.76. The summed E-state index contributed by atoms with van der Waals surface area (Å²) < 4.78 is 75.3. The minimum atomic E-state index is -4.60. The predicted octanol–water partition coefficient (Wildman–Crippen LogP) is 4.44. The monoisotopic (exact) mass is 505 g/mol. The highest BCUT2D eigenvalue weighted by Gasteiger charge is 2.29. The van der Waals surface area contributed by atoms with Crippen LogP contribution in [0.5, 0.6) is 0 Å². The molecule has 13 heteroatoms. The molecule has 1 aromatic carbocycles. The zero-order valence-corrected chi connectivity index (χ0v) is 18.5. The summed E-state index contributed by atoms with van der Waals surface area (Å²) in [6.45, 7) is -0.0687. The highest BCUT2D eigenvalue weighted by molar-refractivity contribution is 7.09. The van der Waals surface area contributed by atoms with Crippen molar-refractivity contribution in [2.75, 3.05) is 19.7 Å². The van der Waals surface area contributed by atoms with E-state index in [1.165, 1.54) is 16.2 Å². The van der Waals surface area contributed by atoms with Gasteiger partial charge in [0.1, 0.15) is 23.5 Å². The third-order valence-electron chi connectivity index (χ3n) is 5.51. The first-order chi connectivity index (χ1) is 16.2.